The zero-order chi connectivity index (χ0) is 12.5. The second kappa shape index (κ2) is 5.23. The molecule has 2 nitrogen and oxygen atoms in total. The molecule has 17 heavy (non-hydrogen) atoms. The Morgan fingerprint density at radius 2 is 1.88 bits per heavy atom. The van der Waals surface area contributed by atoms with E-state index in [0.717, 1.165) is 18.3 Å². The molecule has 1 aliphatic carbocycles. The number of hydrogen-bond donors (Lipinski definition) is 1. The Morgan fingerprint density at radius 1 is 1.29 bits per heavy atom. The lowest BCUT2D eigenvalue weighted by molar-refractivity contribution is 0.289. The minimum Gasteiger partial charge on any atom is -0.393 e. The fourth-order valence-electron chi connectivity index (χ4n) is 3.38. The molecule has 2 rings (SSSR count). The Hall–Kier alpha value is -0.150. The molecule has 0 aromatic rings. The van der Waals surface area contributed by atoms with Gasteiger partial charge in [0.1, 0.15) is 0 Å². The van der Waals surface area contributed by atoms with Crippen molar-refractivity contribution in [2.45, 2.75) is 46.0 Å². The molecule has 1 heterocycles. The minimum absolute atomic E-state index is 0.0327. The number of thiocarbonyl (C=S) groups is 1. The zero-order valence-corrected chi connectivity index (χ0v) is 12.1. The number of rotatable bonds is 5. The van der Waals surface area contributed by atoms with Gasteiger partial charge in [0.25, 0.3) is 0 Å². The maximum Gasteiger partial charge on any atom is 0.0784 e. The first-order valence-electron chi connectivity index (χ1n) is 7.01. The summed E-state index contributed by atoms with van der Waals surface area (Å²) >= 11 is 5.11. The van der Waals surface area contributed by atoms with Crippen LogP contribution >= 0.6 is 12.2 Å². The maximum atomic E-state index is 5.76. The highest BCUT2D eigenvalue weighted by Crippen LogP contribution is 2.37. The Kier molecular flexibility index (Phi) is 4.09. The molecule has 0 bridgehead atoms. The summed E-state index contributed by atoms with van der Waals surface area (Å²) in [6.45, 7) is 8.25. The van der Waals surface area contributed by atoms with Crippen LogP contribution < -0.4 is 5.73 Å². The summed E-state index contributed by atoms with van der Waals surface area (Å²) in [6, 6.07) is 0. The van der Waals surface area contributed by atoms with E-state index < -0.39 is 0 Å². The molecule has 98 valence electrons. The lowest BCUT2D eigenvalue weighted by Crippen LogP contribution is -2.31. The molecule has 0 amide bonds. The van der Waals surface area contributed by atoms with Crippen molar-refractivity contribution in [2.75, 3.05) is 19.6 Å². The Morgan fingerprint density at radius 3 is 2.41 bits per heavy atom. The second-order valence-corrected chi connectivity index (χ2v) is 7.00. The van der Waals surface area contributed by atoms with E-state index in [1.807, 2.05) is 0 Å². The van der Waals surface area contributed by atoms with Gasteiger partial charge >= 0.3 is 0 Å². The Labute approximate surface area is 111 Å². The third kappa shape index (κ3) is 3.19. The van der Waals surface area contributed by atoms with E-state index >= 15 is 0 Å². The summed E-state index contributed by atoms with van der Waals surface area (Å²) in [5.41, 5.74) is 5.79. The minimum atomic E-state index is 0.0327. The van der Waals surface area contributed by atoms with E-state index in [4.69, 9.17) is 18.0 Å². The smallest absolute Gasteiger partial charge is 0.0784 e. The summed E-state index contributed by atoms with van der Waals surface area (Å²) in [5, 5.41) is 0. The van der Waals surface area contributed by atoms with Gasteiger partial charge in [0.05, 0.1) is 4.99 Å². The number of nitrogens with two attached hydrogens (primary N) is 1. The molecule has 1 saturated carbocycles. The van der Waals surface area contributed by atoms with Gasteiger partial charge in [0, 0.05) is 18.5 Å². The van der Waals surface area contributed by atoms with Crippen LogP contribution in [0.3, 0.4) is 0 Å². The molecule has 0 radical (unpaired) electrons. The molecular formula is C14H26N2S. The number of hydrogen-bond acceptors (Lipinski definition) is 2. The molecule has 1 saturated heterocycles. The largest absolute Gasteiger partial charge is 0.393 e. The summed E-state index contributed by atoms with van der Waals surface area (Å²) in [7, 11) is 0. The summed E-state index contributed by atoms with van der Waals surface area (Å²) in [5.74, 6) is 2.03. The lowest BCUT2D eigenvalue weighted by Gasteiger charge is -2.24. The molecule has 2 fully saturated rings. The van der Waals surface area contributed by atoms with Crippen LogP contribution in [0, 0.1) is 17.3 Å². The monoisotopic (exact) mass is 254 g/mol. The van der Waals surface area contributed by atoms with Crippen LogP contribution in [0.1, 0.15) is 46.0 Å². The van der Waals surface area contributed by atoms with Crippen molar-refractivity contribution in [3.05, 3.63) is 0 Å². The molecule has 3 heteroatoms. The van der Waals surface area contributed by atoms with Gasteiger partial charge in [-0.05, 0) is 44.1 Å². The van der Waals surface area contributed by atoms with Crippen molar-refractivity contribution in [3.63, 3.8) is 0 Å². The highest BCUT2D eigenvalue weighted by molar-refractivity contribution is 7.80. The average molecular weight is 254 g/mol. The SMILES string of the molecule is CC(C)(CCCN1CC2CCCC2C1)C(N)=S. The van der Waals surface area contributed by atoms with E-state index in [-0.39, 0.29) is 5.41 Å². The Bertz CT molecular complexity index is 276. The van der Waals surface area contributed by atoms with Crippen molar-refractivity contribution in [2.24, 2.45) is 23.0 Å². The first-order valence-corrected chi connectivity index (χ1v) is 7.42. The van der Waals surface area contributed by atoms with Crippen molar-refractivity contribution >= 4 is 17.2 Å². The van der Waals surface area contributed by atoms with Crippen molar-refractivity contribution in [3.8, 4) is 0 Å². The van der Waals surface area contributed by atoms with Crippen LogP contribution in [0.5, 0.6) is 0 Å². The standard InChI is InChI=1S/C14H26N2S/c1-14(2,13(15)17)7-4-8-16-9-11-5-3-6-12(11)10-16/h11-12H,3-10H2,1-2H3,(H2,15,17). The van der Waals surface area contributed by atoms with Gasteiger partial charge in [-0.15, -0.1) is 0 Å². The maximum absolute atomic E-state index is 5.76. The zero-order valence-electron chi connectivity index (χ0n) is 11.2. The first-order chi connectivity index (χ1) is 7.99. The molecule has 0 spiro atoms. The molecule has 2 N–H and O–H groups in total. The van der Waals surface area contributed by atoms with Crippen LogP contribution in [0.25, 0.3) is 0 Å². The number of fused-ring (bicyclic) bond motifs is 1. The van der Waals surface area contributed by atoms with Crippen molar-refractivity contribution in [1.29, 1.82) is 0 Å². The molecule has 0 aromatic carbocycles. The molecule has 2 unspecified atom stereocenters. The van der Waals surface area contributed by atoms with Crippen LogP contribution in [0.4, 0.5) is 0 Å². The Balaban J connectivity index is 1.68. The van der Waals surface area contributed by atoms with Crippen LogP contribution in [-0.2, 0) is 0 Å². The fraction of sp³-hybridized carbons (Fsp3) is 0.929. The highest BCUT2D eigenvalue weighted by atomic mass is 32.1. The molecule has 2 aliphatic rings. The van der Waals surface area contributed by atoms with E-state index in [0.29, 0.717) is 4.99 Å². The molecule has 0 aromatic heterocycles. The van der Waals surface area contributed by atoms with E-state index in [1.165, 1.54) is 45.3 Å². The van der Waals surface area contributed by atoms with Gasteiger partial charge in [0.15, 0.2) is 0 Å². The van der Waals surface area contributed by atoms with Gasteiger partial charge in [-0.3, -0.25) is 0 Å². The van der Waals surface area contributed by atoms with Gasteiger partial charge in [0.2, 0.25) is 0 Å². The lowest BCUT2D eigenvalue weighted by atomic mass is 9.88. The average Bonchev–Trinajstić information content (AvgIpc) is 2.76. The van der Waals surface area contributed by atoms with Gasteiger partial charge < -0.3 is 10.6 Å². The van der Waals surface area contributed by atoms with Crippen LogP contribution in [-0.4, -0.2) is 29.5 Å². The predicted molar refractivity (Wildman–Crippen MR) is 77.1 cm³/mol. The van der Waals surface area contributed by atoms with E-state index in [1.54, 1.807) is 0 Å². The summed E-state index contributed by atoms with van der Waals surface area (Å²) in [6.07, 6.45) is 6.76. The normalized spacial score (nSPS) is 29.5. The molecule has 1 aliphatic heterocycles. The van der Waals surface area contributed by atoms with Crippen molar-refractivity contribution in [1.82, 2.24) is 4.90 Å². The van der Waals surface area contributed by atoms with Gasteiger partial charge in [-0.1, -0.05) is 32.5 Å². The fourth-order valence-corrected chi connectivity index (χ4v) is 3.48. The first kappa shape index (κ1) is 13.3. The molecule has 2 atom stereocenters. The van der Waals surface area contributed by atoms with E-state index in [2.05, 4.69) is 18.7 Å². The van der Waals surface area contributed by atoms with Gasteiger partial charge in [-0.2, -0.15) is 0 Å². The topological polar surface area (TPSA) is 29.3 Å². The van der Waals surface area contributed by atoms with Gasteiger partial charge in [-0.25, -0.2) is 0 Å². The quantitative estimate of drug-likeness (QED) is 0.765. The van der Waals surface area contributed by atoms with Crippen LogP contribution in [0.15, 0.2) is 0 Å². The second-order valence-electron chi connectivity index (χ2n) is 6.56. The number of nitrogens with zero attached hydrogens (tertiary/aromatic N) is 1. The highest BCUT2D eigenvalue weighted by Gasteiger charge is 2.35. The predicted octanol–water partition coefficient (Wildman–Crippen LogP) is 2.81. The molecular weight excluding hydrogens is 228 g/mol. The summed E-state index contributed by atoms with van der Waals surface area (Å²) in [4.78, 5) is 3.32. The van der Waals surface area contributed by atoms with Crippen molar-refractivity contribution < 1.29 is 0 Å². The van der Waals surface area contributed by atoms with E-state index in [9.17, 15) is 0 Å². The van der Waals surface area contributed by atoms with Crippen LogP contribution in [0.2, 0.25) is 0 Å². The third-order valence-electron chi connectivity index (χ3n) is 4.75. The number of likely N-dealkylation sites (tertiary alicyclic amines) is 1. The third-order valence-corrected chi connectivity index (χ3v) is 5.30. The summed E-state index contributed by atoms with van der Waals surface area (Å²) < 4.78 is 0.